The Labute approximate surface area is 201 Å². The Hall–Kier alpha value is -3.72. The largest absolute Gasteiger partial charge is 0.478 e. The second kappa shape index (κ2) is 8.57. The van der Waals surface area contributed by atoms with Gasteiger partial charge in [-0.05, 0) is 98.8 Å². The van der Waals surface area contributed by atoms with Crippen molar-refractivity contribution in [2.75, 3.05) is 11.4 Å². The second-order valence-electron chi connectivity index (χ2n) is 8.72. The molecular formula is C25H25N5O3S. The molecule has 0 bridgehead atoms. The van der Waals surface area contributed by atoms with Crippen molar-refractivity contribution in [3.63, 3.8) is 0 Å². The van der Waals surface area contributed by atoms with E-state index in [2.05, 4.69) is 27.8 Å². The van der Waals surface area contributed by atoms with Crippen LogP contribution in [-0.4, -0.2) is 38.2 Å². The smallest absolute Gasteiger partial charge is 0.335 e. The van der Waals surface area contributed by atoms with E-state index in [4.69, 9.17) is 12.2 Å². The van der Waals surface area contributed by atoms with Crippen LogP contribution in [0.25, 0.3) is 5.69 Å². The molecule has 0 unspecified atom stereocenters. The third-order valence-electron chi connectivity index (χ3n) is 6.56. The van der Waals surface area contributed by atoms with Gasteiger partial charge in [-0.3, -0.25) is 15.3 Å². The van der Waals surface area contributed by atoms with Gasteiger partial charge in [0.25, 0.3) is 5.56 Å². The van der Waals surface area contributed by atoms with Gasteiger partial charge in [-0.1, -0.05) is 6.07 Å². The predicted molar refractivity (Wildman–Crippen MR) is 136 cm³/mol. The molecule has 0 amide bonds. The van der Waals surface area contributed by atoms with E-state index in [1.807, 2.05) is 17.9 Å². The van der Waals surface area contributed by atoms with Gasteiger partial charge in [-0.2, -0.15) is 5.10 Å². The number of fused-ring (bicyclic) bond motifs is 2. The summed E-state index contributed by atoms with van der Waals surface area (Å²) >= 11 is 5.54. The summed E-state index contributed by atoms with van der Waals surface area (Å²) in [5, 5.41) is 17.2. The molecule has 0 radical (unpaired) electrons. The van der Waals surface area contributed by atoms with E-state index >= 15 is 0 Å². The van der Waals surface area contributed by atoms with Crippen LogP contribution < -0.4 is 15.9 Å². The number of nitrogens with zero attached hydrogens (tertiary/aromatic N) is 3. The Morgan fingerprint density at radius 1 is 1.12 bits per heavy atom. The summed E-state index contributed by atoms with van der Waals surface area (Å²) in [6.07, 6.45) is 3.99. The molecule has 2 aromatic carbocycles. The topological polar surface area (TPSA) is 103 Å². The normalized spacial score (nSPS) is 14.8. The van der Waals surface area contributed by atoms with E-state index in [0.717, 1.165) is 41.9 Å². The number of aromatic nitrogens is 2. The number of rotatable bonds is 4. The maximum Gasteiger partial charge on any atom is 0.335 e. The SMILES string of the molecule is C/C(=N\NC(=S)N1CCc2cc(C(=O)O)ccc21)c1c(C)[nH]n(-c2ccc3c(c2)CCC3)c1=O. The van der Waals surface area contributed by atoms with Gasteiger partial charge in [0.1, 0.15) is 0 Å². The van der Waals surface area contributed by atoms with Crippen LogP contribution in [0.15, 0.2) is 46.3 Å². The summed E-state index contributed by atoms with van der Waals surface area (Å²) in [6, 6.07) is 11.2. The summed E-state index contributed by atoms with van der Waals surface area (Å²) in [6.45, 7) is 4.26. The number of aromatic amines is 1. The molecule has 2 aliphatic rings. The summed E-state index contributed by atoms with van der Waals surface area (Å²) in [4.78, 5) is 26.3. The number of thiocarbonyl (C=S) groups is 1. The minimum Gasteiger partial charge on any atom is -0.478 e. The standard InChI is InChI=1S/C25H25N5O3S/c1-14(26-27-25(34)29-11-10-18-12-19(24(32)33)7-9-21(18)29)22-15(2)28-30(23(22)31)20-8-6-16-4-3-5-17(16)13-20/h6-9,12-13,28H,3-5,10-11H2,1-2H3,(H,27,34)(H,32,33)/b26-14+. The lowest BCUT2D eigenvalue weighted by atomic mass is 10.1. The maximum atomic E-state index is 13.2. The molecule has 0 atom stereocenters. The van der Waals surface area contributed by atoms with Crippen molar-refractivity contribution in [3.8, 4) is 5.69 Å². The zero-order chi connectivity index (χ0) is 24.0. The first kappa shape index (κ1) is 22.1. The molecule has 3 aromatic rings. The monoisotopic (exact) mass is 475 g/mol. The van der Waals surface area contributed by atoms with Crippen LogP contribution in [-0.2, 0) is 19.3 Å². The Kier molecular flexibility index (Phi) is 5.57. The van der Waals surface area contributed by atoms with Crippen LogP contribution in [0.5, 0.6) is 0 Å². The fraction of sp³-hybridized carbons (Fsp3) is 0.280. The van der Waals surface area contributed by atoms with E-state index in [0.29, 0.717) is 29.4 Å². The van der Waals surface area contributed by atoms with Gasteiger partial charge in [0, 0.05) is 17.9 Å². The zero-order valence-electron chi connectivity index (χ0n) is 19.0. The van der Waals surface area contributed by atoms with Crippen molar-refractivity contribution < 1.29 is 9.90 Å². The Morgan fingerprint density at radius 2 is 1.91 bits per heavy atom. The van der Waals surface area contributed by atoms with E-state index in [1.165, 1.54) is 11.1 Å². The molecule has 9 heteroatoms. The highest BCUT2D eigenvalue weighted by molar-refractivity contribution is 7.80. The van der Waals surface area contributed by atoms with Crippen molar-refractivity contribution in [1.82, 2.24) is 15.2 Å². The second-order valence-corrected chi connectivity index (χ2v) is 9.11. The van der Waals surface area contributed by atoms with Crippen molar-refractivity contribution in [3.05, 3.63) is 80.3 Å². The van der Waals surface area contributed by atoms with Gasteiger partial charge in [-0.25, -0.2) is 9.48 Å². The lowest BCUT2D eigenvalue weighted by molar-refractivity contribution is 0.0697. The fourth-order valence-corrected chi connectivity index (χ4v) is 5.08. The molecule has 3 N–H and O–H groups in total. The number of hydrogen-bond donors (Lipinski definition) is 3. The molecule has 34 heavy (non-hydrogen) atoms. The van der Waals surface area contributed by atoms with Crippen molar-refractivity contribution in [2.45, 2.75) is 39.5 Å². The number of aromatic carboxylic acids is 1. The molecule has 0 spiro atoms. The number of benzene rings is 2. The lowest BCUT2D eigenvalue weighted by Crippen LogP contribution is -2.36. The Bertz CT molecular complexity index is 1420. The first-order valence-electron chi connectivity index (χ1n) is 11.3. The van der Waals surface area contributed by atoms with Gasteiger partial charge in [0.2, 0.25) is 0 Å². The number of carbonyl (C=O) groups is 1. The van der Waals surface area contributed by atoms with E-state index in [-0.39, 0.29) is 11.1 Å². The Balaban J connectivity index is 1.36. The number of H-pyrrole nitrogens is 1. The van der Waals surface area contributed by atoms with Crippen LogP contribution >= 0.6 is 12.2 Å². The number of nitrogens with one attached hydrogen (secondary N) is 2. The van der Waals surface area contributed by atoms with Crippen LogP contribution in [0.3, 0.4) is 0 Å². The quantitative estimate of drug-likeness (QED) is 0.304. The zero-order valence-corrected chi connectivity index (χ0v) is 19.8. The Morgan fingerprint density at radius 3 is 2.71 bits per heavy atom. The average Bonchev–Trinajstić information content (AvgIpc) is 3.53. The van der Waals surface area contributed by atoms with Gasteiger partial charge in [0.05, 0.1) is 22.5 Å². The number of carboxylic acid groups (broad SMARTS) is 1. The maximum absolute atomic E-state index is 13.2. The fourth-order valence-electron chi connectivity index (χ4n) is 4.85. The third-order valence-corrected chi connectivity index (χ3v) is 6.87. The van der Waals surface area contributed by atoms with Crippen molar-refractivity contribution >= 4 is 34.7 Å². The van der Waals surface area contributed by atoms with Crippen molar-refractivity contribution in [1.29, 1.82) is 0 Å². The van der Waals surface area contributed by atoms with Crippen LogP contribution in [0.1, 0.15) is 51.7 Å². The molecule has 1 aliphatic carbocycles. The summed E-state index contributed by atoms with van der Waals surface area (Å²) in [5.74, 6) is -0.949. The molecule has 5 rings (SSSR count). The molecular weight excluding hydrogens is 450 g/mol. The molecule has 2 heterocycles. The molecule has 1 aromatic heterocycles. The predicted octanol–water partition coefficient (Wildman–Crippen LogP) is 3.32. The first-order chi connectivity index (χ1) is 16.3. The highest BCUT2D eigenvalue weighted by Crippen LogP contribution is 2.29. The van der Waals surface area contributed by atoms with Gasteiger partial charge < -0.3 is 10.0 Å². The average molecular weight is 476 g/mol. The highest BCUT2D eigenvalue weighted by atomic mass is 32.1. The number of hydrogen-bond acceptors (Lipinski definition) is 4. The molecule has 1 aliphatic heterocycles. The van der Waals surface area contributed by atoms with Gasteiger partial charge in [-0.15, -0.1) is 0 Å². The molecule has 174 valence electrons. The van der Waals surface area contributed by atoms with Crippen LogP contribution in [0, 0.1) is 6.92 Å². The van der Waals surface area contributed by atoms with Gasteiger partial charge in [0.15, 0.2) is 5.11 Å². The summed E-state index contributed by atoms with van der Waals surface area (Å²) in [5.41, 5.74) is 10.1. The van der Waals surface area contributed by atoms with Crippen LogP contribution in [0.2, 0.25) is 0 Å². The van der Waals surface area contributed by atoms with E-state index in [1.54, 1.807) is 29.8 Å². The molecule has 0 fully saturated rings. The summed E-state index contributed by atoms with van der Waals surface area (Å²) < 4.78 is 1.57. The molecule has 8 nitrogen and oxygen atoms in total. The molecule has 0 saturated heterocycles. The molecule has 0 saturated carbocycles. The van der Waals surface area contributed by atoms with E-state index in [9.17, 15) is 14.7 Å². The summed E-state index contributed by atoms with van der Waals surface area (Å²) in [7, 11) is 0. The van der Waals surface area contributed by atoms with Crippen LogP contribution in [0.4, 0.5) is 5.69 Å². The van der Waals surface area contributed by atoms with Gasteiger partial charge >= 0.3 is 5.97 Å². The first-order valence-corrected chi connectivity index (χ1v) is 11.7. The number of hydrazone groups is 1. The highest BCUT2D eigenvalue weighted by Gasteiger charge is 2.24. The number of anilines is 1. The van der Waals surface area contributed by atoms with Crippen molar-refractivity contribution in [2.24, 2.45) is 5.10 Å². The van der Waals surface area contributed by atoms with E-state index < -0.39 is 5.97 Å². The number of aryl methyl sites for hydroxylation is 3. The minimum absolute atomic E-state index is 0.155. The number of carboxylic acids is 1. The minimum atomic E-state index is -0.949. The lowest BCUT2D eigenvalue weighted by Gasteiger charge is -2.19. The third kappa shape index (κ3) is 3.81.